The molecular weight excluding hydrogens is 309 g/mol. The van der Waals surface area contributed by atoms with Gasteiger partial charge in [0.25, 0.3) is 0 Å². The van der Waals surface area contributed by atoms with Crippen molar-refractivity contribution in [1.82, 2.24) is 4.98 Å². The molecule has 3 unspecified atom stereocenters. The summed E-state index contributed by atoms with van der Waals surface area (Å²) in [5.41, 5.74) is 0.0332. The van der Waals surface area contributed by atoms with Crippen molar-refractivity contribution in [2.75, 3.05) is 0 Å². The molecule has 0 radical (unpaired) electrons. The van der Waals surface area contributed by atoms with Crippen LogP contribution in [0.5, 0.6) is 0 Å². The molecule has 1 aromatic carbocycles. The van der Waals surface area contributed by atoms with Gasteiger partial charge in [-0.15, -0.1) is 0 Å². The van der Waals surface area contributed by atoms with Gasteiger partial charge >= 0.3 is 11.9 Å². The van der Waals surface area contributed by atoms with E-state index >= 15 is 0 Å². The standard InChI is InChI=1S/C14H16NO6P/c16-12(17)6-5-9(14(18)19)13(22(20)21)10-7-15-11-4-2-1-3-8(10)11/h1-4,7,9,13,15,22H,5-6H2,(H,16,17)(H,18,19)(H,20,21). The minimum absolute atomic E-state index is 0.203. The van der Waals surface area contributed by atoms with Gasteiger partial charge in [0.1, 0.15) is 0 Å². The van der Waals surface area contributed by atoms with Crippen LogP contribution in [0.25, 0.3) is 10.9 Å². The van der Waals surface area contributed by atoms with Crippen molar-refractivity contribution in [3.8, 4) is 0 Å². The number of para-hydroxylation sites is 1. The monoisotopic (exact) mass is 325 g/mol. The van der Waals surface area contributed by atoms with E-state index in [-0.39, 0.29) is 12.8 Å². The zero-order valence-corrected chi connectivity index (χ0v) is 12.5. The van der Waals surface area contributed by atoms with E-state index in [4.69, 9.17) is 5.11 Å². The van der Waals surface area contributed by atoms with E-state index in [0.717, 1.165) is 5.52 Å². The van der Waals surface area contributed by atoms with Crippen LogP contribution in [0.4, 0.5) is 0 Å². The molecule has 0 bridgehead atoms. The average Bonchev–Trinajstić information content (AvgIpc) is 2.86. The maximum absolute atomic E-state index is 11.8. The Morgan fingerprint density at radius 3 is 2.50 bits per heavy atom. The summed E-state index contributed by atoms with van der Waals surface area (Å²) >= 11 is 0. The first-order valence-corrected chi connectivity index (χ1v) is 8.08. The summed E-state index contributed by atoms with van der Waals surface area (Å²) in [5, 5.41) is 18.7. The van der Waals surface area contributed by atoms with E-state index in [0.29, 0.717) is 10.9 Å². The molecule has 118 valence electrons. The fourth-order valence-corrected chi connectivity index (χ4v) is 3.74. The van der Waals surface area contributed by atoms with E-state index < -0.39 is 31.5 Å². The van der Waals surface area contributed by atoms with Gasteiger partial charge in [-0.3, -0.25) is 14.2 Å². The molecule has 0 aliphatic heterocycles. The SMILES string of the molecule is O=C(O)CCC(C(=O)O)C(c1c[nH]c2ccccc12)[PH](=O)O. The van der Waals surface area contributed by atoms with Gasteiger partial charge < -0.3 is 20.1 Å². The van der Waals surface area contributed by atoms with Crippen LogP contribution >= 0.6 is 8.03 Å². The van der Waals surface area contributed by atoms with E-state index in [1.807, 2.05) is 0 Å². The van der Waals surface area contributed by atoms with Crippen LogP contribution in [0.15, 0.2) is 30.5 Å². The third kappa shape index (κ3) is 3.37. The van der Waals surface area contributed by atoms with Gasteiger partial charge in [0.05, 0.1) is 11.6 Å². The number of aromatic amines is 1. The predicted octanol–water partition coefficient (Wildman–Crippen LogP) is 2.24. The lowest BCUT2D eigenvalue weighted by Gasteiger charge is -2.20. The second-order valence-corrected chi connectivity index (χ2v) is 6.28. The number of aromatic nitrogens is 1. The molecule has 4 N–H and O–H groups in total. The number of hydrogen-bond donors (Lipinski definition) is 4. The number of carboxylic acids is 2. The molecule has 1 aromatic heterocycles. The van der Waals surface area contributed by atoms with Gasteiger partial charge in [-0.1, -0.05) is 18.2 Å². The van der Waals surface area contributed by atoms with Crippen LogP contribution in [0.1, 0.15) is 24.1 Å². The van der Waals surface area contributed by atoms with Gasteiger partial charge in [0.15, 0.2) is 8.03 Å². The fraction of sp³-hybridized carbons (Fsp3) is 0.286. The molecule has 22 heavy (non-hydrogen) atoms. The molecular formula is C14H16NO6P. The maximum Gasteiger partial charge on any atom is 0.307 e. The smallest absolute Gasteiger partial charge is 0.307 e. The molecule has 0 saturated heterocycles. The lowest BCUT2D eigenvalue weighted by molar-refractivity contribution is -0.143. The Hall–Kier alpha value is -2.11. The summed E-state index contributed by atoms with van der Waals surface area (Å²) in [6.45, 7) is 0. The molecule has 0 aliphatic carbocycles. The van der Waals surface area contributed by atoms with Crippen molar-refractivity contribution in [2.24, 2.45) is 5.92 Å². The predicted molar refractivity (Wildman–Crippen MR) is 80.3 cm³/mol. The van der Waals surface area contributed by atoms with Crippen LogP contribution in [-0.2, 0) is 14.2 Å². The summed E-state index contributed by atoms with van der Waals surface area (Å²) in [4.78, 5) is 34.7. The molecule has 2 aromatic rings. The summed E-state index contributed by atoms with van der Waals surface area (Å²) in [5.74, 6) is -3.64. The molecule has 0 spiro atoms. The molecule has 0 amide bonds. The number of hydrogen-bond acceptors (Lipinski definition) is 3. The average molecular weight is 325 g/mol. The highest BCUT2D eigenvalue weighted by Crippen LogP contribution is 2.47. The van der Waals surface area contributed by atoms with Crippen molar-refractivity contribution >= 4 is 30.9 Å². The van der Waals surface area contributed by atoms with Crippen LogP contribution in [-0.4, -0.2) is 32.0 Å². The van der Waals surface area contributed by atoms with Gasteiger partial charge in [0.2, 0.25) is 0 Å². The van der Waals surface area contributed by atoms with Crippen molar-refractivity contribution < 1.29 is 29.3 Å². The fourth-order valence-electron chi connectivity index (χ4n) is 2.58. The highest BCUT2D eigenvalue weighted by Gasteiger charge is 2.35. The van der Waals surface area contributed by atoms with Gasteiger partial charge in [-0.2, -0.15) is 0 Å². The number of H-pyrrole nitrogens is 1. The third-order valence-corrected chi connectivity index (χ3v) is 4.86. The van der Waals surface area contributed by atoms with Gasteiger partial charge in [-0.25, -0.2) is 0 Å². The number of fused-ring (bicyclic) bond motifs is 1. The number of aliphatic carboxylic acids is 2. The molecule has 1 heterocycles. The second-order valence-electron chi connectivity index (χ2n) is 4.98. The van der Waals surface area contributed by atoms with Crippen LogP contribution in [0.3, 0.4) is 0 Å². The Bertz CT molecular complexity index is 725. The molecule has 3 atom stereocenters. The number of carbonyl (C=O) groups is 2. The van der Waals surface area contributed by atoms with Crippen molar-refractivity contribution in [1.29, 1.82) is 0 Å². The van der Waals surface area contributed by atoms with E-state index in [2.05, 4.69) is 4.98 Å². The van der Waals surface area contributed by atoms with Crippen LogP contribution in [0.2, 0.25) is 0 Å². The number of nitrogens with one attached hydrogen (secondary N) is 1. The van der Waals surface area contributed by atoms with Gasteiger partial charge in [0, 0.05) is 23.5 Å². The summed E-state index contributed by atoms with van der Waals surface area (Å²) in [6.07, 6.45) is 0.946. The minimum Gasteiger partial charge on any atom is -0.481 e. The summed E-state index contributed by atoms with van der Waals surface area (Å²) in [7, 11) is -3.22. The molecule has 8 heteroatoms. The lowest BCUT2D eigenvalue weighted by atomic mass is 9.94. The molecule has 7 nitrogen and oxygen atoms in total. The largest absolute Gasteiger partial charge is 0.481 e. The second kappa shape index (κ2) is 6.77. The van der Waals surface area contributed by atoms with Crippen LogP contribution < -0.4 is 0 Å². The number of rotatable bonds is 7. The van der Waals surface area contributed by atoms with Crippen molar-refractivity contribution in [3.63, 3.8) is 0 Å². The zero-order chi connectivity index (χ0) is 16.3. The normalized spacial score (nSPS) is 15.3. The quantitative estimate of drug-likeness (QED) is 0.578. The Labute approximate surface area is 126 Å². The summed E-state index contributed by atoms with van der Waals surface area (Å²) < 4.78 is 11.8. The van der Waals surface area contributed by atoms with Crippen molar-refractivity contribution in [2.45, 2.75) is 18.5 Å². The summed E-state index contributed by atoms with van der Waals surface area (Å²) in [6, 6.07) is 7.05. The molecule has 0 aliphatic rings. The Kier molecular flexibility index (Phi) is 5.00. The Balaban J connectivity index is 2.45. The highest BCUT2D eigenvalue weighted by atomic mass is 31.1. The third-order valence-electron chi connectivity index (χ3n) is 3.61. The van der Waals surface area contributed by atoms with Crippen molar-refractivity contribution in [3.05, 3.63) is 36.0 Å². The molecule has 0 saturated carbocycles. The van der Waals surface area contributed by atoms with E-state index in [9.17, 15) is 24.2 Å². The topological polar surface area (TPSA) is 128 Å². The number of carboxylic acid groups (broad SMARTS) is 2. The first-order valence-electron chi connectivity index (χ1n) is 6.65. The van der Waals surface area contributed by atoms with E-state index in [1.54, 1.807) is 24.3 Å². The molecule has 0 fully saturated rings. The molecule has 2 rings (SSSR count). The Morgan fingerprint density at radius 2 is 1.91 bits per heavy atom. The minimum atomic E-state index is -3.22. The first kappa shape index (κ1) is 16.3. The lowest BCUT2D eigenvalue weighted by Crippen LogP contribution is -2.21. The number of benzene rings is 1. The maximum atomic E-state index is 11.8. The van der Waals surface area contributed by atoms with Crippen LogP contribution in [0, 0.1) is 5.92 Å². The zero-order valence-electron chi connectivity index (χ0n) is 11.5. The van der Waals surface area contributed by atoms with E-state index in [1.165, 1.54) is 6.20 Å². The Morgan fingerprint density at radius 1 is 1.23 bits per heavy atom. The van der Waals surface area contributed by atoms with Gasteiger partial charge in [-0.05, 0) is 18.1 Å². The first-order chi connectivity index (χ1) is 10.4. The highest BCUT2D eigenvalue weighted by molar-refractivity contribution is 7.38.